The van der Waals surface area contributed by atoms with Crippen LogP contribution in [-0.4, -0.2) is 70.6 Å². The largest absolute Gasteiger partial charge is 0.439 e. The molecule has 2 amide bonds. The predicted octanol–water partition coefficient (Wildman–Crippen LogP) is 5.82. The van der Waals surface area contributed by atoms with Gasteiger partial charge in [0, 0.05) is 69.3 Å². The number of ether oxygens (including phenoxy) is 2. The van der Waals surface area contributed by atoms with Gasteiger partial charge in [0.1, 0.15) is 11.6 Å². The molecule has 3 aliphatic heterocycles. The minimum atomic E-state index is -0.287. The highest BCUT2D eigenvalue weighted by molar-refractivity contribution is 5.78. The summed E-state index contributed by atoms with van der Waals surface area (Å²) in [5, 5.41) is 8.96. The van der Waals surface area contributed by atoms with Crippen molar-refractivity contribution in [2.24, 2.45) is 0 Å². The zero-order valence-electron chi connectivity index (χ0n) is 23.9. The number of pyridine rings is 1. The first-order valence-electron chi connectivity index (χ1n) is 14.8. The standard InChI is InChI=1S/C33H36FN5O3/c1-23-2-8-30(34)29(18-23)31-22-38(26-12-16-41-17-13-26)33(40)39(31)27-10-14-37(15-11-27)21-25-5-9-32(36-20-25)42-28-6-3-24(19-35)4-7-28/h2-9,18,20,26-27,31H,10-17,21-22H2,1H3. The van der Waals surface area contributed by atoms with Crippen molar-refractivity contribution < 1.29 is 18.7 Å². The van der Waals surface area contributed by atoms with Crippen LogP contribution >= 0.6 is 0 Å². The zero-order chi connectivity index (χ0) is 29.1. The number of carbonyl (C=O) groups excluding carboxylic acids is 1. The van der Waals surface area contributed by atoms with E-state index in [9.17, 15) is 4.79 Å². The number of urea groups is 1. The van der Waals surface area contributed by atoms with Gasteiger partial charge in [0.15, 0.2) is 0 Å². The van der Waals surface area contributed by atoms with Crippen LogP contribution in [0.3, 0.4) is 0 Å². The number of amides is 2. The van der Waals surface area contributed by atoms with E-state index in [1.165, 1.54) is 6.07 Å². The summed E-state index contributed by atoms with van der Waals surface area (Å²) in [6.07, 6.45) is 5.16. The molecule has 42 heavy (non-hydrogen) atoms. The molecule has 0 N–H and O–H groups in total. The van der Waals surface area contributed by atoms with Crippen molar-refractivity contribution in [3.05, 3.63) is 88.9 Å². The topological polar surface area (TPSA) is 81.9 Å². The Balaban J connectivity index is 1.10. The monoisotopic (exact) mass is 569 g/mol. The highest BCUT2D eigenvalue weighted by Crippen LogP contribution is 2.38. The molecule has 1 aromatic heterocycles. The summed E-state index contributed by atoms with van der Waals surface area (Å²) < 4.78 is 26.5. The number of nitriles is 1. The zero-order valence-corrected chi connectivity index (χ0v) is 23.9. The van der Waals surface area contributed by atoms with Crippen LogP contribution in [0.5, 0.6) is 11.6 Å². The highest BCUT2D eigenvalue weighted by atomic mass is 19.1. The lowest BCUT2D eigenvalue weighted by Gasteiger charge is -2.39. The third-order valence-electron chi connectivity index (χ3n) is 8.67. The first-order chi connectivity index (χ1) is 20.5. The maximum absolute atomic E-state index is 15.1. The third kappa shape index (κ3) is 6.10. The van der Waals surface area contributed by atoms with Gasteiger partial charge in [-0.1, -0.05) is 23.8 Å². The van der Waals surface area contributed by atoms with Crippen LogP contribution < -0.4 is 4.74 Å². The Morgan fingerprint density at radius 2 is 1.79 bits per heavy atom. The molecular weight excluding hydrogens is 533 g/mol. The van der Waals surface area contributed by atoms with E-state index in [-0.39, 0.29) is 30.0 Å². The van der Waals surface area contributed by atoms with Crippen LogP contribution in [0.1, 0.15) is 54.0 Å². The van der Waals surface area contributed by atoms with E-state index < -0.39 is 0 Å². The average molecular weight is 570 g/mol. The Morgan fingerprint density at radius 3 is 2.48 bits per heavy atom. The summed E-state index contributed by atoms with van der Waals surface area (Å²) in [7, 11) is 0. The van der Waals surface area contributed by atoms with Gasteiger partial charge in [0.2, 0.25) is 5.88 Å². The summed E-state index contributed by atoms with van der Waals surface area (Å²) >= 11 is 0. The number of likely N-dealkylation sites (tertiary alicyclic amines) is 1. The van der Waals surface area contributed by atoms with E-state index in [1.54, 1.807) is 30.3 Å². The number of nitrogens with zero attached hydrogens (tertiary/aromatic N) is 5. The lowest BCUT2D eigenvalue weighted by Crippen LogP contribution is -2.48. The van der Waals surface area contributed by atoms with Gasteiger partial charge >= 0.3 is 6.03 Å². The van der Waals surface area contributed by atoms with Gasteiger partial charge in [-0.3, -0.25) is 4.90 Å². The number of halogens is 1. The fourth-order valence-corrected chi connectivity index (χ4v) is 6.41. The Morgan fingerprint density at radius 1 is 1.02 bits per heavy atom. The van der Waals surface area contributed by atoms with Gasteiger partial charge in [-0.2, -0.15) is 5.26 Å². The molecule has 8 nitrogen and oxygen atoms in total. The molecule has 3 aromatic rings. The van der Waals surface area contributed by atoms with Crippen molar-refractivity contribution in [2.45, 2.75) is 57.3 Å². The average Bonchev–Trinajstić information content (AvgIpc) is 3.37. The van der Waals surface area contributed by atoms with E-state index in [2.05, 4.69) is 16.0 Å². The molecule has 1 unspecified atom stereocenters. The SMILES string of the molecule is Cc1ccc(F)c(C2CN(C3CCOCC3)C(=O)N2C2CCN(Cc3ccc(Oc4ccc(C#N)cc4)nc3)CC2)c1. The molecular formula is C33H36FN5O3. The van der Waals surface area contributed by atoms with E-state index >= 15 is 4.39 Å². The van der Waals surface area contributed by atoms with E-state index in [1.807, 2.05) is 41.1 Å². The van der Waals surface area contributed by atoms with Crippen molar-refractivity contribution in [3.63, 3.8) is 0 Å². The molecule has 1 atom stereocenters. The van der Waals surface area contributed by atoms with Crippen molar-refractivity contribution in [1.82, 2.24) is 19.7 Å². The summed E-state index contributed by atoms with van der Waals surface area (Å²) in [5.41, 5.74) is 3.29. The first kappa shape index (κ1) is 28.1. The fourth-order valence-electron chi connectivity index (χ4n) is 6.41. The second-order valence-electron chi connectivity index (χ2n) is 11.5. The van der Waals surface area contributed by atoms with Crippen LogP contribution in [0, 0.1) is 24.1 Å². The van der Waals surface area contributed by atoms with Crippen molar-refractivity contribution >= 4 is 6.03 Å². The van der Waals surface area contributed by atoms with Crippen LogP contribution in [-0.2, 0) is 11.3 Å². The van der Waals surface area contributed by atoms with Crippen molar-refractivity contribution in [3.8, 4) is 17.7 Å². The van der Waals surface area contributed by atoms with Gasteiger partial charge < -0.3 is 19.3 Å². The number of aromatic nitrogens is 1. The first-order valence-corrected chi connectivity index (χ1v) is 14.8. The molecule has 0 spiro atoms. The molecule has 3 aliphatic rings. The minimum Gasteiger partial charge on any atom is -0.439 e. The van der Waals surface area contributed by atoms with Crippen LogP contribution in [0.4, 0.5) is 9.18 Å². The van der Waals surface area contributed by atoms with Gasteiger partial charge in [0.25, 0.3) is 0 Å². The molecule has 4 heterocycles. The highest BCUT2D eigenvalue weighted by Gasteiger charge is 2.46. The van der Waals surface area contributed by atoms with Crippen molar-refractivity contribution in [1.29, 1.82) is 5.26 Å². The molecule has 0 radical (unpaired) electrons. The number of piperidine rings is 1. The molecule has 0 bridgehead atoms. The van der Waals surface area contributed by atoms with Crippen LogP contribution in [0.15, 0.2) is 60.8 Å². The molecule has 9 heteroatoms. The third-order valence-corrected chi connectivity index (χ3v) is 8.67. The van der Waals surface area contributed by atoms with Crippen molar-refractivity contribution in [2.75, 3.05) is 32.8 Å². The molecule has 218 valence electrons. The second-order valence-corrected chi connectivity index (χ2v) is 11.5. The Labute approximate surface area is 246 Å². The summed E-state index contributed by atoms with van der Waals surface area (Å²) in [4.78, 5) is 24.7. The van der Waals surface area contributed by atoms with Gasteiger partial charge in [-0.25, -0.2) is 14.2 Å². The molecule has 3 saturated heterocycles. The number of benzene rings is 2. The van der Waals surface area contributed by atoms with Crippen LogP contribution in [0.25, 0.3) is 0 Å². The Bertz CT molecular complexity index is 1430. The van der Waals surface area contributed by atoms with Gasteiger partial charge in [-0.15, -0.1) is 0 Å². The van der Waals surface area contributed by atoms with E-state index in [0.717, 1.165) is 56.4 Å². The predicted molar refractivity (Wildman–Crippen MR) is 155 cm³/mol. The van der Waals surface area contributed by atoms with E-state index in [0.29, 0.717) is 42.5 Å². The quantitative estimate of drug-likeness (QED) is 0.357. The molecule has 3 fully saturated rings. The van der Waals surface area contributed by atoms with Gasteiger partial charge in [0.05, 0.1) is 17.7 Å². The molecule has 0 saturated carbocycles. The molecule has 0 aliphatic carbocycles. The lowest BCUT2D eigenvalue weighted by molar-refractivity contribution is 0.0493. The van der Waals surface area contributed by atoms with E-state index in [4.69, 9.17) is 14.7 Å². The normalized spacial score (nSPS) is 20.6. The number of hydrogen-bond acceptors (Lipinski definition) is 6. The number of hydrogen-bond donors (Lipinski definition) is 0. The number of carbonyl (C=O) groups is 1. The lowest BCUT2D eigenvalue weighted by atomic mass is 9.97. The Kier molecular flexibility index (Phi) is 8.36. The van der Waals surface area contributed by atoms with Gasteiger partial charge in [-0.05, 0) is 68.5 Å². The smallest absolute Gasteiger partial charge is 0.321 e. The second kappa shape index (κ2) is 12.5. The maximum Gasteiger partial charge on any atom is 0.321 e. The summed E-state index contributed by atoms with van der Waals surface area (Å²) in [5.74, 6) is 0.888. The van der Waals surface area contributed by atoms with Crippen LogP contribution in [0.2, 0.25) is 0 Å². The maximum atomic E-state index is 15.1. The summed E-state index contributed by atoms with van der Waals surface area (Å²) in [6.45, 7) is 6.26. The minimum absolute atomic E-state index is 0.0355. The molecule has 6 rings (SSSR count). The Hall–Kier alpha value is -4.00. The number of aryl methyl sites for hydroxylation is 1. The number of rotatable bonds is 7. The fraction of sp³-hybridized carbons (Fsp3) is 0.424. The summed E-state index contributed by atoms with van der Waals surface area (Å²) in [6, 6.07) is 18.1. The molecule has 2 aromatic carbocycles.